The lowest BCUT2D eigenvalue weighted by Crippen LogP contribution is -2.35. The predicted molar refractivity (Wildman–Crippen MR) is 94.6 cm³/mol. The second-order valence-electron chi connectivity index (χ2n) is 5.97. The lowest BCUT2D eigenvalue weighted by atomic mass is 10.1. The lowest BCUT2D eigenvalue weighted by Gasteiger charge is -2.12. The van der Waals surface area contributed by atoms with E-state index in [1.165, 1.54) is 0 Å². The maximum Gasteiger partial charge on any atom is 0.241 e. The Morgan fingerprint density at radius 3 is 2.96 bits per heavy atom. The summed E-state index contributed by atoms with van der Waals surface area (Å²) in [5, 5.41) is 7.19. The molecule has 1 fully saturated rings. The van der Waals surface area contributed by atoms with Crippen molar-refractivity contribution in [2.75, 3.05) is 11.9 Å². The van der Waals surface area contributed by atoms with Crippen LogP contribution in [0.25, 0.3) is 22.3 Å². The fourth-order valence-electron chi connectivity index (χ4n) is 2.98. The Morgan fingerprint density at radius 1 is 1.17 bits per heavy atom. The van der Waals surface area contributed by atoms with Crippen LogP contribution in [0.1, 0.15) is 12.8 Å². The van der Waals surface area contributed by atoms with E-state index in [4.69, 9.17) is 0 Å². The van der Waals surface area contributed by atoms with Gasteiger partial charge in [0.15, 0.2) is 5.82 Å². The summed E-state index contributed by atoms with van der Waals surface area (Å²) in [6.45, 7) is 0.906. The molecule has 0 unspecified atom stereocenters. The number of aromatic nitrogens is 2. The fraction of sp³-hybridized carbons (Fsp3) is 0.211. The summed E-state index contributed by atoms with van der Waals surface area (Å²) >= 11 is 0. The first-order valence-electron chi connectivity index (χ1n) is 8.16. The largest absolute Gasteiger partial charge is 0.325 e. The van der Waals surface area contributed by atoms with Crippen LogP contribution in [0.3, 0.4) is 0 Å². The third-order valence-electron chi connectivity index (χ3n) is 4.25. The first-order valence-corrected chi connectivity index (χ1v) is 8.16. The summed E-state index contributed by atoms with van der Waals surface area (Å²) in [4.78, 5) is 21.3. The number of nitrogens with one attached hydrogen (secondary N) is 2. The molecule has 0 saturated carbocycles. The molecular formula is C19H18N4O. The van der Waals surface area contributed by atoms with Crippen molar-refractivity contribution in [1.82, 2.24) is 15.3 Å². The van der Waals surface area contributed by atoms with Crippen LogP contribution in [-0.4, -0.2) is 28.5 Å². The first-order chi connectivity index (χ1) is 11.8. The fourth-order valence-corrected chi connectivity index (χ4v) is 2.98. The Hall–Kier alpha value is -2.79. The first kappa shape index (κ1) is 14.8. The van der Waals surface area contributed by atoms with E-state index in [0.717, 1.165) is 41.5 Å². The molecule has 1 amide bonds. The van der Waals surface area contributed by atoms with E-state index in [1.54, 1.807) is 0 Å². The highest BCUT2D eigenvalue weighted by atomic mass is 16.2. The van der Waals surface area contributed by atoms with Crippen molar-refractivity contribution in [1.29, 1.82) is 0 Å². The summed E-state index contributed by atoms with van der Waals surface area (Å²) in [6.07, 6.45) is 3.76. The molecule has 0 radical (unpaired) electrons. The maximum absolute atomic E-state index is 12.2. The van der Waals surface area contributed by atoms with E-state index in [-0.39, 0.29) is 11.9 Å². The Bertz CT molecular complexity index is 887. The number of benzene rings is 2. The van der Waals surface area contributed by atoms with Gasteiger partial charge in [-0.2, -0.15) is 0 Å². The Morgan fingerprint density at radius 2 is 2.08 bits per heavy atom. The lowest BCUT2D eigenvalue weighted by molar-refractivity contribution is -0.117. The number of amides is 1. The molecule has 5 heteroatoms. The minimum atomic E-state index is -0.0921. The molecule has 1 saturated heterocycles. The maximum atomic E-state index is 12.2. The smallest absolute Gasteiger partial charge is 0.241 e. The van der Waals surface area contributed by atoms with E-state index in [2.05, 4.69) is 20.6 Å². The van der Waals surface area contributed by atoms with Gasteiger partial charge in [0.1, 0.15) is 0 Å². The van der Waals surface area contributed by atoms with Crippen molar-refractivity contribution in [2.24, 2.45) is 0 Å². The predicted octanol–water partition coefficient (Wildman–Crippen LogP) is 2.99. The van der Waals surface area contributed by atoms with E-state index in [0.29, 0.717) is 5.82 Å². The van der Waals surface area contributed by atoms with Gasteiger partial charge in [-0.05, 0) is 37.6 Å². The monoisotopic (exact) mass is 318 g/mol. The zero-order valence-corrected chi connectivity index (χ0v) is 13.2. The van der Waals surface area contributed by atoms with Crippen LogP contribution in [0.15, 0.2) is 54.7 Å². The Balaban J connectivity index is 1.60. The Kier molecular flexibility index (Phi) is 3.92. The van der Waals surface area contributed by atoms with Gasteiger partial charge < -0.3 is 10.6 Å². The summed E-state index contributed by atoms with van der Waals surface area (Å²) < 4.78 is 0. The SMILES string of the molecule is O=C(Nc1cccc(-c2ncc3ccccc3n2)c1)[C@H]1CCCN1. The number of carbonyl (C=O) groups is 1. The van der Waals surface area contributed by atoms with Crippen LogP contribution in [0.5, 0.6) is 0 Å². The third kappa shape index (κ3) is 2.98. The van der Waals surface area contributed by atoms with Crippen molar-refractivity contribution >= 4 is 22.5 Å². The molecule has 2 N–H and O–H groups in total. The van der Waals surface area contributed by atoms with Crippen LogP contribution in [0.2, 0.25) is 0 Å². The topological polar surface area (TPSA) is 66.9 Å². The molecule has 1 aromatic heterocycles. The summed E-state index contributed by atoms with van der Waals surface area (Å²) in [5.74, 6) is 0.674. The molecule has 4 rings (SSSR count). The zero-order valence-electron chi connectivity index (χ0n) is 13.2. The second kappa shape index (κ2) is 6.37. The third-order valence-corrected chi connectivity index (χ3v) is 4.25. The van der Waals surface area contributed by atoms with Crippen molar-refractivity contribution in [2.45, 2.75) is 18.9 Å². The van der Waals surface area contributed by atoms with Gasteiger partial charge in [-0.3, -0.25) is 4.79 Å². The van der Waals surface area contributed by atoms with Gasteiger partial charge in [-0.25, -0.2) is 9.97 Å². The average molecular weight is 318 g/mol. The van der Waals surface area contributed by atoms with Crippen LogP contribution in [0, 0.1) is 0 Å². The van der Waals surface area contributed by atoms with Gasteiger partial charge in [-0.1, -0.05) is 30.3 Å². The summed E-state index contributed by atoms with van der Waals surface area (Å²) in [5.41, 5.74) is 2.56. The van der Waals surface area contributed by atoms with Gasteiger partial charge in [0.05, 0.1) is 11.6 Å². The number of hydrogen-bond acceptors (Lipinski definition) is 4. The number of carbonyl (C=O) groups excluding carboxylic acids is 1. The molecule has 0 bridgehead atoms. The summed E-state index contributed by atoms with van der Waals surface area (Å²) in [7, 11) is 0. The number of anilines is 1. The molecule has 0 spiro atoms. The molecule has 2 aromatic carbocycles. The number of hydrogen-bond donors (Lipinski definition) is 2. The average Bonchev–Trinajstić information content (AvgIpc) is 3.16. The molecular weight excluding hydrogens is 300 g/mol. The number of fused-ring (bicyclic) bond motifs is 1. The molecule has 1 aliphatic rings. The molecule has 5 nitrogen and oxygen atoms in total. The highest BCUT2D eigenvalue weighted by Gasteiger charge is 2.21. The van der Waals surface area contributed by atoms with E-state index >= 15 is 0 Å². The summed E-state index contributed by atoms with van der Waals surface area (Å²) in [6, 6.07) is 15.5. The van der Waals surface area contributed by atoms with Gasteiger partial charge in [0.25, 0.3) is 0 Å². The minimum absolute atomic E-state index is 0.0177. The molecule has 120 valence electrons. The molecule has 1 atom stereocenters. The van der Waals surface area contributed by atoms with Crippen LogP contribution < -0.4 is 10.6 Å². The van der Waals surface area contributed by atoms with Crippen LogP contribution in [0.4, 0.5) is 5.69 Å². The number of para-hydroxylation sites is 1. The molecule has 2 heterocycles. The molecule has 24 heavy (non-hydrogen) atoms. The zero-order chi connectivity index (χ0) is 16.4. The molecule has 1 aliphatic heterocycles. The Labute approximate surface area is 140 Å². The van der Waals surface area contributed by atoms with Crippen LogP contribution in [-0.2, 0) is 4.79 Å². The van der Waals surface area contributed by atoms with Crippen LogP contribution >= 0.6 is 0 Å². The van der Waals surface area contributed by atoms with Crippen molar-refractivity contribution in [3.8, 4) is 11.4 Å². The minimum Gasteiger partial charge on any atom is -0.325 e. The van der Waals surface area contributed by atoms with Gasteiger partial charge >= 0.3 is 0 Å². The van der Waals surface area contributed by atoms with Crippen molar-refractivity contribution in [3.05, 3.63) is 54.7 Å². The van der Waals surface area contributed by atoms with Gasteiger partial charge in [0, 0.05) is 22.8 Å². The highest BCUT2D eigenvalue weighted by molar-refractivity contribution is 5.95. The van der Waals surface area contributed by atoms with Gasteiger partial charge in [0.2, 0.25) is 5.91 Å². The second-order valence-corrected chi connectivity index (χ2v) is 5.97. The van der Waals surface area contributed by atoms with E-state index in [1.807, 2.05) is 54.7 Å². The van der Waals surface area contributed by atoms with Crippen molar-refractivity contribution < 1.29 is 4.79 Å². The quantitative estimate of drug-likeness (QED) is 0.779. The molecule has 3 aromatic rings. The normalized spacial score (nSPS) is 17.1. The standard InChI is InChI=1S/C19H18N4O/c24-19(17-9-4-10-20-17)22-15-7-3-6-13(11-15)18-21-12-14-5-1-2-8-16(14)23-18/h1-3,5-8,11-12,17,20H,4,9-10H2,(H,22,24)/t17-/m1/s1. The van der Waals surface area contributed by atoms with E-state index < -0.39 is 0 Å². The number of nitrogens with zero attached hydrogens (tertiary/aromatic N) is 2. The van der Waals surface area contributed by atoms with Crippen molar-refractivity contribution in [3.63, 3.8) is 0 Å². The number of rotatable bonds is 3. The van der Waals surface area contributed by atoms with E-state index in [9.17, 15) is 4.79 Å². The highest BCUT2D eigenvalue weighted by Crippen LogP contribution is 2.22. The van der Waals surface area contributed by atoms with Gasteiger partial charge in [-0.15, -0.1) is 0 Å². The molecule has 0 aliphatic carbocycles.